The van der Waals surface area contributed by atoms with Gasteiger partial charge in [0, 0.05) is 5.75 Å². The topological polar surface area (TPSA) is 41.1 Å². The summed E-state index contributed by atoms with van der Waals surface area (Å²) in [4.78, 5) is 11.8. The van der Waals surface area contributed by atoms with Crippen LogP contribution in [0.1, 0.15) is 16.7 Å². The van der Waals surface area contributed by atoms with E-state index < -0.39 is 11.7 Å². The van der Waals surface area contributed by atoms with Crippen molar-refractivity contribution in [3.63, 3.8) is 0 Å². The third-order valence-electron chi connectivity index (χ3n) is 3.15. The number of hydrogen-bond donors (Lipinski definition) is 2. The average Bonchev–Trinajstić information content (AvgIpc) is 2.52. The van der Waals surface area contributed by atoms with Crippen molar-refractivity contribution in [2.75, 3.05) is 11.2 Å². The molecule has 0 radical (unpaired) electrons. The summed E-state index contributed by atoms with van der Waals surface area (Å²) >= 11 is 1.39. The van der Waals surface area contributed by atoms with Crippen LogP contribution < -0.4 is 10.9 Å². The lowest BCUT2D eigenvalue weighted by Crippen LogP contribution is -2.31. The van der Waals surface area contributed by atoms with E-state index >= 15 is 0 Å². The van der Waals surface area contributed by atoms with Gasteiger partial charge < -0.3 is 0 Å². The number of para-hydroxylation sites is 1. The second kappa shape index (κ2) is 8.10. The number of thioether (sulfide) groups is 1. The number of nitrogens with one attached hydrogen (secondary N) is 2. The van der Waals surface area contributed by atoms with E-state index in [0.717, 1.165) is 17.2 Å². The number of alkyl halides is 3. The molecule has 3 nitrogen and oxygen atoms in total. The van der Waals surface area contributed by atoms with E-state index in [1.807, 2.05) is 31.2 Å². The van der Waals surface area contributed by atoms with Crippen molar-refractivity contribution >= 4 is 23.4 Å². The van der Waals surface area contributed by atoms with Gasteiger partial charge in [-0.3, -0.25) is 15.6 Å². The fourth-order valence-electron chi connectivity index (χ4n) is 2.08. The monoisotopic (exact) mass is 354 g/mol. The number of carbonyl (C=O) groups is 1. The Morgan fingerprint density at radius 3 is 2.58 bits per heavy atom. The number of aryl methyl sites for hydroxylation is 1. The first-order chi connectivity index (χ1) is 11.4. The van der Waals surface area contributed by atoms with Crippen LogP contribution in [0.25, 0.3) is 0 Å². The van der Waals surface area contributed by atoms with Gasteiger partial charge in [-0.15, -0.1) is 11.8 Å². The highest BCUT2D eigenvalue weighted by Crippen LogP contribution is 2.34. The number of halogens is 3. The Hall–Kier alpha value is -2.15. The fraction of sp³-hybridized carbons (Fsp3) is 0.235. The molecule has 0 unspecified atom stereocenters. The lowest BCUT2D eigenvalue weighted by molar-refractivity contribution is -0.137. The van der Waals surface area contributed by atoms with Crippen molar-refractivity contribution in [1.29, 1.82) is 0 Å². The van der Waals surface area contributed by atoms with E-state index in [0.29, 0.717) is 5.75 Å². The van der Waals surface area contributed by atoms with Gasteiger partial charge in [-0.25, -0.2) is 0 Å². The normalized spacial score (nSPS) is 11.2. The Labute approximate surface area is 142 Å². The van der Waals surface area contributed by atoms with Gasteiger partial charge in [-0.1, -0.05) is 42.0 Å². The maximum Gasteiger partial charge on any atom is 0.418 e. The summed E-state index contributed by atoms with van der Waals surface area (Å²) < 4.78 is 38.5. The summed E-state index contributed by atoms with van der Waals surface area (Å²) in [5.74, 6) is 0.424. The molecular weight excluding hydrogens is 337 g/mol. The summed E-state index contributed by atoms with van der Waals surface area (Å²) in [5.41, 5.74) is 5.89. The van der Waals surface area contributed by atoms with Crippen molar-refractivity contribution in [2.24, 2.45) is 0 Å². The second-order valence-electron chi connectivity index (χ2n) is 5.20. The van der Waals surface area contributed by atoms with Crippen LogP contribution >= 0.6 is 11.8 Å². The summed E-state index contributed by atoms with van der Waals surface area (Å²) in [6.45, 7) is 1.99. The van der Waals surface area contributed by atoms with Crippen LogP contribution in [0.3, 0.4) is 0 Å². The van der Waals surface area contributed by atoms with Crippen LogP contribution in [-0.2, 0) is 16.7 Å². The molecule has 0 atom stereocenters. The van der Waals surface area contributed by atoms with E-state index in [4.69, 9.17) is 0 Å². The van der Waals surface area contributed by atoms with Gasteiger partial charge in [-0.05, 0) is 24.6 Å². The van der Waals surface area contributed by atoms with Crippen LogP contribution in [0.4, 0.5) is 18.9 Å². The molecule has 7 heteroatoms. The second-order valence-corrected chi connectivity index (χ2v) is 6.18. The predicted molar refractivity (Wildman–Crippen MR) is 90.6 cm³/mol. The first-order valence-corrected chi connectivity index (χ1v) is 8.36. The van der Waals surface area contributed by atoms with E-state index in [-0.39, 0.29) is 17.3 Å². The zero-order valence-electron chi connectivity index (χ0n) is 13.0. The van der Waals surface area contributed by atoms with E-state index in [1.165, 1.54) is 30.0 Å². The SMILES string of the molecule is Cc1cccc(CSCC(=O)NNc2ccccc2C(F)(F)F)c1. The number of benzene rings is 2. The minimum Gasteiger partial charge on any atom is -0.298 e. The number of hydrazine groups is 1. The lowest BCUT2D eigenvalue weighted by Gasteiger charge is -2.14. The smallest absolute Gasteiger partial charge is 0.298 e. The maximum absolute atomic E-state index is 12.8. The summed E-state index contributed by atoms with van der Waals surface area (Å²) in [7, 11) is 0. The van der Waals surface area contributed by atoms with Gasteiger partial charge >= 0.3 is 6.18 Å². The first kappa shape index (κ1) is 18.2. The molecule has 0 bridgehead atoms. The van der Waals surface area contributed by atoms with E-state index in [9.17, 15) is 18.0 Å². The first-order valence-electron chi connectivity index (χ1n) is 7.20. The van der Waals surface area contributed by atoms with Crippen LogP contribution in [0.15, 0.2) is 48.5 Å². The minimum absolute atomic E-state index is 0.148. The maximum atomic E-state index is 12.8. The molecule has 2 aromatic carbocycles. The number of rotatable bonds is 6. The number of anilines is 1. The molecule has 0 aliphatic carbocycles. The zero-order valence-corrected chi connectivity index (χ0v) is 13.8. The largest absolute Gasteiger partial charge is 0.418 e. The van der Waals surface area contributed by atoms with Crippen LogP contribution in [0.5, 0.6) is 0 Å². The molecule has 1 amide bonds. The van der Waals surface area contributed by atoms with Crippen molar-refractivity contribution in [1.82, 2.24) is 5.43 Å². The minimum atomic E-state index is -4.48. The number of hydrogen-bond acceptors (Lipinski definition) is 3. The Kier molecular flexibility index (Phi) is 6.14. The molecular formula is C17H17F3N2OS. The molecule has 128 valence electrons. The van der Waals surface area contributed by atoms with Crippen LogP contribution in [-0.4, -0.2) is 11.7 Å². The third kappa shape index (κ3) is 5.49. The van der Waals surface area contributed by atoms with Crippen molar-refractivity contribution in [3.05, 3.63) is 65.2 Å². The molecule has 24 heavy (non-hydrogen) atoms. The standard InChI is InChI=1S/C17H17F3N2OS/c1-12-5-4-6-13(9-12)10-24-11-16(23)22-21-15-8-3-2-7-14(15)17(18,19)20/h2-9,21H,10-11H2,1H3,(H,22,23). The lowest BCUT2D eigenvalue weighted by atomic mass is 10.2. The number of amides is 1. The molecule has 2 aromatic rings. The molecule has 0 spiro atoms. The van der Waals surface area contributed by atoms with Gasteiger partial charge in [0.15, 0.2) is 0 Å². The predicted octanol–water partition coefficient (Wildman–Crippen LogP) is 4.39. The molecule has 2 rings (SSSR count). The molecule has 0 saturated heterocycles. The zero-order chi connectivity index (χ0) is 17.6. The van der Waals surface area contributed by atoms with Gasteiger partial charge in [0.25, 0.3) is 0 Å². The van der Waals surface area contributed by atoms with Gasteiger partial charge in [0.1, 0.15) is 0 Å². The summed E-state index contributed by atoms with van der Waals surface area (Å²) in [6.07, 6.45) is -4.48. The van der Waals surface area contributed by atoms with E-state index in [2.05, 4.69) is 10.9 Å². The van der Waals surface area contributed by atoms with Crippen LogP contribution in [0.2, 0.25) is 0 Å². The highest BCUT2D eigenvalue weighted by Gasteiger charge is 2.33. The summed E-state index contributed by atoms with van der Waals surface area (Å²) in [6, 6.07) is 12.9. The number of carbonyl (C=O) groups excluding carboxylic acids is 1. The molecule has 2 N–H and O–H groups in total. The average molecular weight is 354 g/mol. The Morgan fingerprint density at radius 1 is 1.12 bits per heavy atom. The molecule has 0 aliphatic rings. The van der Waals surface area contributed by atoms with Gasteiger partial charge in [-0.2, -0.15) is 13.2 Å². The third-order valence-corrected chi connectivity index (χ3v) is 4.16. The fourth-order valence-corrected chi connectivity index (χ4v) is 2.85. The quantitative estimate of drug-likeness (QED) is 0.756. The Balaban J connectivity index is 1.82. The Bertz CT molecular complexity index is 704. The molecule has 0 aromatic heterocycles. The Morgan fingerprint density at radius 2 is 1.88 bits per heavy atom. The highest BCUT2D eigenvalue weighted by atomic mass is 32.2. The van der Waals surface area contributed by atoms with Gasteiger partial charge in [0.05, 0.1) is 17.0 Å². The summed E-state index contributed by atoms with van der Waals surface area (Å²) in [5, 5.41) is 0. The van der Waals surface area contributed by atoms with Crippen LogP contribution in [0, 0.1) is 6.92 Å². The van der Waals surface area contributed by atoms with Gasteiger partial charge in [0.2, 0.25) is 5.91 Å². The van der Waals surface area contributed by atoms with Crippen molar-refractivity contribution in [2.45, 2.75) is 18.9 Å². The highest BCUT2D eigenvalue weighted by molar-refractivity contribution is 7.99. The molecule has 0 aliphatic heterocycles. The van der Waals surface area contributed by atoms with Crippen molar-refractivity contribution < 1.29 is 18.0 Å². The van der Waals surface area contributed by atoms with Crippen molar-refractivity contribution in [3.8, 4) is 0 Å². The van der Waals surface area contributed by atoms with E-state index in [1.54, 1.807) is 0 Å². The molecule has 0 fully saturated rings. The molecule has 0 heterocycles. The molecule has 0 saturated carbocycles.